The van der Waals surface area contributed by atoms with Crippen LogP contribution in [0, 0.1) is 0 Å². The lowest BCUT2D eigenvalue weighted by atomic mass is 9.94. The van der Waals surface area contributed by atoms with Crippen LogP contribution in [0.4, 0.5) is 0 Å². The standard InChI is InChI=1S/C30H22O6S2/c31-23(9-11-29(33)34)27-15-19-7-5-17(13-25(19)37-27)21-3-1-2-4-22(21)18-6-8-20-16-28(38-26(20)14-18)24(32)10-12-30(35)36/h1-8,13-16H,9-12H2,(H,33,34)(H,35,36). The Morgan fingerprint density at radius 1 is 0.553 bits per heavy atom. The van der Waals surface area contributed by atoms with Crippen molar-refractivity contribution in [2.45, 2.75) is 25.7 Å². The van der Waals surface area contributed by atoms with E-state index in [2.05, 4.69) is 12.1 Å². The number of carbonyl (C=O) groups is 4. The summed E-state index contributed by atoms with van der Waals surface area (Å²) in [6, 6.07) is 23.8. The predicted molar refractivity (Wildman–Crippen MR) is 150 cm³/mol. The molecule has 0 saturated carbocycles. The summed E-state index contributed by atoms with van der Waals surface area (Å²) < 4.78 is 1.91. The number of carboxylic acids is 2. The van der Waals surface area contributed by atoms with Gasteiger partial charge >= 0.3 is 11.9 Å². The molecule has 190 valence electrons. The van der Waals surface area contributed by atoms with E-state index < -0.39 is 11.9 Å². The monoisotopic (exact) mass is 542 g/mol. The van der Waals surface area contributed by atoms with Gasteiger partial charge in [0.1, 0.15) is 0 Å². The van der Waals surface area contributed by atoms with Crippen LogP contribution in [0.5, 0.6) is 0 Å². The van der Waals surface area contributed by atoms with Crippen LogP contribution in [0.15, 0.2) is 72.8 Å². The van der Waals surface area contributed by atoms with Crippen molar-refractivity contribution in [3.05, 3.63) is 82.6 Å². The van der Waals surface area contributed by atoms with Crippen LogP contribution in [-0.4, -0.2) is 33.7 Å². The second kappa shape index (κ2) is 10.7. The van der Waals surface area contributed by atoms with Gasteiger partial charge in [-0.15, -0.1) is 22.7 Å². The number of ketones is 2. The van der Waals surface area contributed by atoms with Gasteiger partial charge in [-0.1, -0.05) is 48.5 Å². The molecule has 0 atom stereocenters. The maximum atomic E-state index is 12.4. The summed E-state index contributed by atoms with van der Waals surface area (Å²) >= 11 is 2.74. The Morgan fingerprint density at radius 3 is 1.37 bits per heavy atom. The summed E-state index contributed by atoms with van der Waals surface area (Å²) in [5.74, 6) is -2.30. The van der Waals surface area contributed by atoms with Crippen molar-refractivity contribution in [1.29, 1.82) is 0 Å². The summed E-state index contributed by atoms with van der Waals surface area (Å²) in [4.78, 5) is 47.6. The molecule has 5 rings (SSSR count). The first-order chi connectivity index (χ1) is 18.3. The Bertz CT molecular complexity index is 1600. The Kier molecular flexibility index (Phi) is 7.18. The van der Waals surface area contributed by atoms with Crippen LogP contribution in [-0.2, 0) is 9.59 Å². The van der Waals surface area contributed by atoms with Gasteiger partial charge in [0.05, 0.1) is 22.6 Å². The minimum absolute atomic E-state index is 0.0179. The summed E-state index contributed by atoms with van der Waals surface area (Å²) in [6.45, 7) is 0. The second-order valence-electron chi connectivity index (χ2n) is 8.91. The van der Waals surface area contributed by atoms with Crippen molar-refractivity contribution in [3.8, 4) is 22.3 Å². The molecule has 0 unspecified atom stereocenters. The Hall–Kier alpha value is -4.14. The topological polar surface area (TPSA) is 109 Å². The zero-order chi connectivity index (χ0) is 26.8. The van der Waals surface area contributed by atoms with Crippen molar-refractivity contribution < 1.29 is 29.4 Å². The first kappa shape index (κ1) is 25.5. The van der Waals surface area contributed by atoms with Crippen LogP contribution in [0.2, 0.25) is 0 Å². The molecule has 2 N–H and O–H groups in total. The molecule has 0 fully saturated rings. The highest BCUT2D eigenvalue weighted by atomic mass is 32.1. The lowest BCUT2D eigenvalue weighted by molar-refractivity contribution is -0.137. The third kappa shape index (κ3) is 5.41. The molecular formula is C30H22O6S2. The van der Waals surface area contributed by atoms with Crippen molar-refractivity contribution >= 4 is 66.4 Å². The minimum atomic E-state index is -0.986. The summed E-state index contributed by atoms with van der Waals surface area (Å²) in [5.41, 5.74) is 4.04. The normalized spacial score (nSPS) is 11.2. The fraction of sp³-hybridized carbons (Fsp3) is 0.133. The molecule has 0 aliphatic rings. The van der Waals surface area contributed by atoms with E-state index in [0.29, 0.717) is 9.75 Å². The number of carbonyl (C=O) groups excluding carboxylic acids is 2. The molecule has 2 heterocycles. The van der Waals surface area contributed by atoms with Crippen molar-refractivity contribution in [2.24, 2.45) is 0 Å². The molecule has 0 saturated heterocycles. The highest BCUT2D eigenvalue weighted by Gasteiger charge is 2.16. The summed E-state index contributed by atoms with van der Waals surface area (Å²) in [7, 11) is 0. The van der Waals surface area contributed by atoms with Crippen molar-refractivity contribution in [1.82, 2.24) is 0 Å². The van der Waals surface area contributed by atoms with Gasteiger partial charge in [0.15, 0.2) is 11.6 Å². The van der Waals surface area contributed by atoms with E-state index >= 15 is 0 Å². The van der Waals surface area contributed by atoms with Gasteiger partial charge in [-0.3, -0.25) is 19.2 Å². The highest BCUT2D eigenvalue weighted by Crippen LogP contribution is 2.38. The Balaban J connectivity index is 1.47. The van der Waals surface area contributed by atoms with E-state index in [-0.39, 0.29) is 37.2 Å². The van der Waals surface area contributed by atoms with Crippen LogP contribution >= 0.6 is 22.7 Å². The molecule has 3 aromatic carbocycles. The number of fused-ring (bicyclic) bond motifs is 2. The number of rotatable bonds is 10. The van der Waals surface area contributed by atoms with Gasteiger partial charge < -0.3 is 10.2 Å². The maximum absolute atomic E-state index is 12.4. The third-order valence-corrected chi connectivity index (χ3v) is 8.55. The third-order valence-electron chi connectivity index (χ3n) is 6.27. The van der Waals surface area contributed by atoms with Crippen LogP contribution in [0.25, 0.3) is 42.4 Å². The number of hydrogen-bond acceptors (Lipinski definition) is 6. The number of hydrogen-bond donors (Lipinski definition) is 2. The highest BCUT2D eigenvalue weighted by molar-refractivity contribution is 7.21. The van der Waals surface area contributed by atoms with E-state index in [1.54, 1.807) is 0 Å². The Labute approximate surface area is 225 Å². The van der Waals surface area contributed by atoms with Gasteiger partial charge in [0.25, 0.3) is 0 Å². The molecule has 0 aliphatic carbocycles. The first-order valence-corrected chi connectivity index (χ1v) is 13.6. The number of benzene rings is 3. The van der Waals surface area contributed by atoms with Gasteiger partial charge in [0.2, 0.25) is 0 Å². The van der Waals surface area contributed by atoms with Crippen LogP contribution in [0.1, 0.15) is 45.0 Å². The van der Waals surface area contributed by atoms with Crippen molar-refractivity contribution in [2.75, 3.05) is 0 Å². The van der Waals surface area contributed by atoms with Crippen LogP contribution in [0.3, 0.4) is 0 Å². The second-order valence-corrected chi connectivity index (χ2v) is 11.1. The molecule has 0 spiro atoms. The largest absolute Gasteiger partial charge is 0.481 e. The molecule has 0 bridgehead atoms. The average Bonchev–Trinajstić information content (AvgIpc) is 3.54. The van der Waals surface area contributed by atoms with E-state index in [0.717, 1.165) is 42.4 Å². The number of aliphatic carboxylic acids is 2. The molecule has 5 aromatic rings. The first-order valence-electron chi connectivity index (χ1n) is 12.0. The molecule has 2 aromatic heterocycles. The van der Waals surface area contributed by atoms with E-state index in [9.17, 15) is 19.2 Å². The van der Waals surface area contributed by atoms with E-state index in [1.807, 2.05) is 60.7 Å². The van der Waals surface area contributed by atoms with E-state index in [4.69, 9.17) is 10.2 Å². The quantitative estimate of drug-likeness (QED) is 0.176. The smallest absolute Gasteiger partial charge is 0.303 e. The fourth-order valence-electron chi connectivity index (χ4n) is 4.35. The Morgan fingerprint density at radius 2 is 0.974 bits per heavy atom. The predicted octanol–water partition coefficient (Wildman–Crippen LogP) is 7.55. The molecular weight excluding hydrogens is 520 g/mol. The number of thiophene rings is 2. The zero-order valence-corrected chi connectivity index (χ0v) is 21.7. The summed E-state index contributed by atoms with van der Waals surface area (Å²) in [6.07, 6.45) is -0.400. The zero-order valence-electron chi connectivity index (χ0n) is 20.1. The van der Waals surface area contributed by atoms with E-state index in [1.165, 1.54) is 22.7 Å². The molecule has 0 aliphatic heterocycles. The fourth-order valence-corrected chi connectivity index (χ4v) is 6.48. The van der Waals surface area contributed by atoms with Gasteiger partial charge in [0, 0.05) is 22.2 Å². The molecule has 0 amide bonds. The van der Waals surface area contributed by atoms with Gasteiger partial charge in [-0.25, -0.2) is 0 Å². The van der Waals surface area contributed by atoms with Gasteiger partial charge in [-0.05, 0) is 57.3 Å². The molecule has 38 heavy (non-hydrogen) atoms. The lowest BCUT2D eigenvalue weighted by Crippen LogP contribution is -2.01. The minimum Gasteiger partial charge on any atom is -0.481 e. The number of carboxylic acid groups (broad SMARTS) is 2. The summed E-state index contributed by atoms with van der Waals surface area (Å²) in [5, 5.41) is 19.6. The number of Topliss-reactive ketones (excluding diaryl/α,β-unsaturated/α-hetero) is 2. The lowest BCUT2D eigenvalue weighted by Gasteiger charge is -2.10. The average molecular weight is 543 g/mol. The van der Waals surface area contributed by atoms with Crippen LogP contribution < -0.4 is 0 Å². The maximum Gasteiger partial charge on any atom is 0.303 e. The van der Waals surface area contributed by atoms with Crippen molar-refractivity contribution in [3.63, 3.8) is 0 Å². The molecule has 8 heteroatoms. The molecule has 6 nitrogen and oxygen atoms in total. The molecule has 0 radical (unpaired) electrons. The van der Waals surface area contributed by atoms with Gasteiger partial charge in [-0.2, -0.15) is 0 Å². The SMILES string of the molecule is O=C(O)CCC(=O)c1cc2ccc(-c3ccccc3-c3ccc4cc(C(=O)CCC(=O)O)sc4c3)cc2s1.